The molecule has 0 aromatic carbocycles. The molecule has 1 saturated carbocycles. The predicted molar refractivity (Wildman–Crippen MR) is 113 cm³/mol. The van der Waals surface area contributed by atoms with Crippen LogP contribution in [0.15, 0.2) is 36.7 Å². The highest BCUT2D eigenvalue weighted by Gasteiger charge is 2.55. The van der Waals surface area contributed by atoms with E-state index in [1.165, 1.54) is 6.26 Å². The third kappa shape index (κ3) is 3.02. The fourth-order valence-corrected chi connectivity index (χ4v) is 5.61. The molecule has 1 atom stereocenters. The van der Waals surface area contributed by atoms with E-state index in [1.54, 1.807) is 6.20 Å². The summed E-state index contributed by atoms with van der Waals surface area (Å²) in [5.74, 6) is 0. The summed E-state index contributed by atoms with van der Waals surface area (Å²) in [6.07, 6.45) is 6.17. The molecule has 8 heteroatoms. The number of anilines is 1. The van der Waals surface area contributed by atoms with Crippen LogP contribution in [-0.4, -0.2) is 55.4 Å². The van der Waals surface area contributed by atoms with E-state index in [-0.39, 0.29) is 6.04 Å². The second-order valence-corrected chi connectivity index (χ2v) is 10.4. The van der Waals surface area contributed by atoms with Crippen LogP contribution in [0.5, 0.6) is 0 Å². The smallest absolute Gasteiger partial charge is 0.158 e. The van der Waals surface area contributed by atoms with Crippen LogP contribution >= 0.6 is 0 Å². The first-order chi connectivity index (χ1) is 13.9. The third-order valence-corrected chi connectivity index (χ3v) is 8.16. The Labute approximate surface area is 170 Å². The van der Waals surface area contributed by atoms with Crippen LogP contribution in [0.25, 0.3) is 22.3 Å². The normalized spacial score (nSPS) is 21.4. The number of H-pyrrole nitrogens is 1. The highest BCUT2D eigenvalue weighted by molar-refractivity contribution is 7.91. The molecular weight excluding hydrogens is 388 g/mol. The molecule has 0 spiro atoms. The summed E-state index contributed by atoms with van der Waals surface area (Å²) < 4.78 is 29.9. The summed E-state index contributed by atoms with van der Waals surface area (Å²) in [5.41, 5.74) is 4.16. The van der Waals surface area contributed by atoms with E-state index >= 15 is 0 Å². The molecule has 1 N–H and O–H groups in total. The van der Waals surface area contributed by atoms with Crippen molar-refractivity contribution < 1.29 is 13.2 Å². The van der Waals surface area contributed by atoms with Crippen molar-refractivity contribution in [2.45, 2.75) is 30.6 Å². The van der Waals surface area contributed by atoms with Crippen molar-refractivity contribution in [1.29, 1.82) is 0 Å². The maximum absolute atomic E-state index is 12.6. The Morgan fingerprint density at radius 3 is 2.83 bits per heavy atom. The highest BCUT2D eigenvalue weighted by atomic mass is 32.2. The molecule has 5 rings (SSSR count). The second kappa shape index (κ2) is 6.53. The number of ether oxygens (including phenoxy) is 1. The number of nitrogens with zero attached hydrogens (tertiary/aromatic N) is 3. The lowest BCUT2D eigenvalue weighted by atomic mass is 10.1. The standard InChI is InChI=1S/C21H24N4O3S/c1-14-13-28-10-9-25(14)15-11-18(16-3-7-22-20-17(16)4-8-23-20)24-19(12-15)21(5-6-21)29(2,26)27/h3-4,7-8,11-12,14H,5-6,9-10,13H2,1-2H3,(H,22,23)/t14-/m1/s1. The van der Waals surface area contributed by atoms with E-state index in [9.17, 15) is 8.42 Å². The molecule has 3 aromatic rings. The Morgan fingerprint density at radius 1 is 1.28 bits per heavy atom. The fourth-order valence-electron chi connectivity index (χ4n) is 4.28. The van der Waals surface area contributed by atoms with Crippen molar-refractivity contribution in [3.63, 3.8) is 0 Å². The first-order valence-electron chi connectivity index (χ1n) is 9.88. The second-order valence-electron chi connectivity index (χ2n) is 8.08. The van der Waals surface area contributed by atoms with Crippen LogP contribution in [-0.2, 0) is 19.3 Å². The van der Waals surface area contributed by atoms with Crippen LogP contribution in [0.1, 0.15) is 25.5 Å². The molecule has 1 aliphatic heterocycles. The lowest BCUT2D eigenvalue weighted by molar-refractivity contribution is 0.0989. The topological polar surface area (TPSA) is 88.2 Å². The third-order valence-electron chi connectivity index (χ3n) is 6.13. The fraction of sp³-hybridized carbons (Fsp3) is 0.429. The van der Waals surface area contributed by atoms with E-state index in [0.717, 1.165) is 34.5 Å². The van der Waals surface area contributed by atoms with Gasteiger partial charge in [0.15, 0.2) is 9.84 Å². The number of morpholine rings is 1. The Morgan fingerprint density at radius 2 is 2.10 bits per heavy atom. The number of sulfone groups is 1. The van der Waals surface area contributed by atoms with Gasteiger partial charge in [0.1, 0.15) is 10.4 Å². The molecular formula is C21H24N4O3S. The lowest BCUT2D eigenvalue weighted by Crippen LogP contribution is -2.43. The molecule has 2 aliphatic rings. The van der Waals surface area contributed by atoms with Crippen molar-refractivity contribution >= 4 is 26.6 Å². The van der Waals surface area contributed by atoms with Gasteiger partial charge in [-0.3, -0.25) is 4.98 Å². The zero-order valence-corrected chi connectivity index (χ0v) is 17.4. The van der Waals surface area contributed by atoms with E-state index in [1.807, 2.05) is 24.4 Å². The Kier molecular flexibility index (Phi) is 4.18. The summed E-state index contributed by atoms with van der Waals surface area (Å²) >= 11 is 0. The summed E-state index contributed by atoms with van der Waals surface area (Å²) in [5, 5.41) is 0.974. The average Bonchev–Trinajstić information content (AvgIpc) is 3.39. The molecule has 4 heterocycles. The molecule has 1 saturated heterocycles. The SMILES string of the molecule is C[C@@H]1COCCN1c1cc(-c2ccnc3[nH]ccc23)nc(C2(S(C)(=O)=O)CC2)c1. The molecule has 3 aromatic heterocycles. The van der Waals surface area contributed by atoms with Crippen LogP contribution < -0.4 is 4.90 Å². The molecule has 0 unspecified atom stereocenters. The van der Waals surface area contributed by atoms with Gasteiger partial charge in [0.25, 0.3) is 0 Å². The molecule has 2 fully saturated rings. The van der Waals surface area contributed by atoms with Gasteiger partial charge in [0.2, 0.25) is 0 Å². The quantitative estimate of drug-likeness (QED) is 0.709. The van der Waals surface area contributed by atoms with Gasteiger partial charge < -0.3 is 14.6 Å². The van der Waals surface area contributed by atoms with Crippen LogP contribution in [0.2, 0.25) is 0 Å². The zero-order valence-electron chi connectivity index (χ0n) is 16.6. The summed E-state index contributed by atoms with van der Waals surface area (Å²) in [7, 11) is -3.26. The first-order valence-corrected chi connectivity index (χ1v) is 11.8. The highest BCUT2D eigenvalue weighted by Crippen LogP contribution is 2.52. The number of pyridine rings is 2. The van der Waals surface area contributed by atoms with Gasteiger partial charge in [-0.25, -0.2) is 13.4 Å². The molecule has 0 bridgehead atoms. The Bertz CT molecular complexity index is 1180. The van der Waals surface area contributed by atoms with Gasteiger partial charge in [-0.15, -0.1) is 0 Å². The minimum absolute atomic E-state index is 0.213. The number of aromatic amines is 1. The Balaban J connectivity index is 1.72. The van der Waals surface area contributed by atoms with E-state index in [0.29, 0.717) is 31.7 Å². The number of aromatic nitrogens is 3. The summed E-state index contributed by atoms with van der Waals surface area (Å²) in [4.78, 5) is 14.7. The number of nitrogens with one attached hydrogen (secondary N) is 1. The lowest BCUT2D eigenvalue weighted by Gasteiger charge is -2.36. The molecule has 0 amide bonds. The minimum Gasteiger partial charge on any atom is -0.377 e. The summed E-state index contributed by atoms with van der Waals surface area (Å²) in [6.45, 7) is 4.21. The molecule has 29 heavy (non-hydrogen) atoms. The molecule has 152 valence electrons. The van der Waals surface area contributed by atoms with Crippen LogP contribution in [0, 0.1) is 0 Å². The number of fused-ring (bicyclic) bond motifs is 1. The summed E-state index contributed by atoms with van der Waals surface area (Å²) in [6, 6.07) is 8.16. The van der Waals surface area contributed by atoms with E-state index < -0.39 is 14.6 Å². The van der Waals surface area contributed by atoms with Gasteiger partial charge in [-0.2, -0.15) is 0 Å². The van der Waals surface area contributed by atoms with Crippen molar-refractivity contribution in [2.24, 2.45) is 0 Å². The maximum atomic E-state index is 12.6. The largest absolute Gasteiger partial charge is 0.377 e. The van der Waals surface area contributed by atoms with Gasteiger partial charge in [-0.1, -0.05) is 0 Å². The number of hydrogen-bond donors (Lipinski definition) is 1. The maximum Gasteiger partial charge on any atom is 0.158 e. The van der Waals surface area contributed by atoms with Crippen molar-refractivity contribution in [3.8, 4) is 11.3 Å². The first kappa shape index (κ1) is 18.6. The van der Waals surface area contributed by atoms with Gasteiger partial charge in [0.05, 0.1) is 24.6 Å². The van der Waals surface area contributed by atoms with Crippen LogP contribution in [0.4, 0.5) is 5.69 Å². The Hall–Kier alpha value is -2.45. The van der Waals surface area contributed by atoms with Crippen LogP contribution in [0.3, 0.4) is 0 Å². The van der Waals surface area contributed by atoms with Crippen molar-refractivity contribution in [3.05, 3.63) is 42.4 Å². The number of hydrogen-bond acceptors (Lipinski definition) is 6. The zero-order chi connectivity index (χ0) is 20.2. The number of rotatable bonds is 4. The van der Waals surface area contributed by atoms with Crippen molar-refractivity contribution in [1.82, 2.24) is 15.0 Å². The van der Waals surface area contributed by atoms with Gasteiger partial charge in [0, 0.05) is 47.9 Å². The van der Waals surface area contributed by atoms with E-state index in [4.69, 9.17) is 9.72 Å². The van der Waals surface area contributed by atoms with Gasteiger partial charge >= 0.3 is 0 Å². The predicted octanol–water partition coefficient (Wildman–Crippen LogP) is 2.88. The monoisotopic (exact) mass is 412 g/mol. The van der Waals surface area contributed by atoms with Crippen molar-refractivity contribution in [2.75, 3.05) is 30.9 Å². The molecule has 0 radical (unpaired) electrons. The van der Waals surface area contributed by atoms with E-state index in [2.05, 4.69) is 27.9 Å². The molecule has 1 aliphatic carbocycles. The molecule has 7 nitrogen and oxygen atoms in total. The minimum atomic E-state index is -3.26. The van der Waals surface area contributed by atoms with Gasteiger partial charge in [-0.05, 0) is 44.0 Å². The average molecular weight is 413 g/mol.